The van der Waals surface area contributed by atoms with Crippen molar-refractivity contribution in [2.75, 3.05) is 6.61 Å². The highest BCUT2D eigenvalue weighted by atomic mass is 16.3. The molecule has 0 saturated heterocycles. The fraction of sp³-hybridized carbons (Fsp3) is 0.467. The molecule has 1 spiro atoms. The Bertz CT molecular complexity index is 407. The van der Waals surface area contributed by atoms with Gasteiger partial charge in [0.25, 0.3) is 0 Å². The Morgan fingerprint density at radius 2 is 2.12 bits per heavy atom. The average Bonchev–Trinajstić information content (AvgIpc) is 2.90. The van der Waals surface area contributed by atoms with E-state index in [1.807, 2.05) is 0 Å². The first-order chi connectivity index (χ1) is 7.85. The van der Waals surface area contributed by atoms with Crippen LogP contribution in [0.2, 0.25) is 0 Å². The Labute approximate surface area is 96.8 Å². The molecule has 1 nitrogen and oxygen atoms in total. The highest BCUT2D eigenvalue weighted by Gasteiger charge is 2.57. The van der Waals surface area contributed by atoms with Gasteiger partial charge in [0.1, 0.15) is 0 Å². The molecule has 2 saturated carbocycles. The maximum absolute atomic E-state index is 9.29. The number of allylic oxidation sites excluding steroid dienone is 1. The fourth-order valence-corrected chi connectivity index (χ4v) is 3.29. The summed E-state index contributed by atoms with van der Waals surface area (Å²) in [6.45, 7) is 0.367. The maximum atomic E-state index is 9.29. The van der Waals surface area contributed by atoms with Crippen molar-refractivity contribution in [2.45, 2.75) is 25.7 Å². The summed E-state index contributed by atoms with van der Waals surface area (Å²) in [5.74, 6) is 0.546. The lowest BCUT2D eigenvalue weighted by atomic mass is 9.94. The number of rotatable bonds is 2. The molecule has 1 aromatic carbocycles. The largest absolute Gasteiger partial charge is 0.396 e. The normalized spacial score (nSPS) is 34.8. The van der Waals surface area contributed by atoms with Crippen LogP contribution in [0.3, 0.4) is 0 Å². The van der Waals surface area contributed by atoms with E-state index >= 15 is 0 Å². The summed E-state index contributed by atoms with van der Waals surface area (Å²) in [6, 6.07) is 10.6. The van der Waals surface area contributed by atoms with Gasteiger partial charge in [-0.1, -0.05) is 42.0 Å². The van der Waals surface area contributed by atoms with Gasteiger partial charge in [-0.15, -0.1) is 0 Å². The van der Waals surface area contributed by atoms with Crippen molar-refractivity contribution >= 4 is 6.08 Å². The third-order valence-corrected chi connectivity index (χ3v) is 4.30. The standard InChI is InChI=1S/C15H18O/c16-11-14-10-15(14)8-4-7-13(15)9-12-5-2-1-3-6-12/h1-3,5-6,9,14,16H,4,7-8,10-11H2/b13-9+/t14-,15+/m1/s1. The maximum Gasteiger partial charge on any atom is 0.0468 e. The molecule has 1 heteroatoms. The first-order valence-electron chi connectivity index (χ1n) is 6.22. The van der Waals surface area contributed by atoms with Gasteiger partial charge in [-0.3, -0.25) is 0 Å². The molecule has 0 heterocycles. The van der Waals surface area contributed by atoms with Crippen molar-refractivity contribution in [2.24, 2.45) is 11.3 Å². The monoisotopic (exact) mass is 214 g/mol. The van der Waals surface area contributed by atoms with Crippen LogP contribution in [-0.2, 0) is 0 Å². The summed E-state index contributed by atoms with van der Waals surface area (Å²) in [4.78, 5) is 0. The van der Waals surface area contributed by atoms with Crippen molar-refractivity contribution < 1.29 is 5.11 Å². The summed E-state index contributed by atoms with van der Waals surface area (Å²) in [5.41, 5.74) is 3.28. The number of hydrogen-bond acceptors (Lipinski definition) is 1. The number of aliphatic hydroxyl groups is 1. The fourth-order valence-electron chi connectivity index (χ4n) is 3.29. The van der Waals surface area contributed by atoms with Crippen LogP contribution in [0.5, 0.6) is 0 Å². The van der Waals surface area contributed by atoms with E-state index in [4.69, 9.17) is 0 Å². The molecule has 3 rings (SSSR count). The highest BCUT2D eigenvalue weighted by Crippen LogP contribution is 2.65. The molecule has 0 radical (unpaired) electrons. The van der Waals surface area contributed by atoms with Gasteiger partial charge in [0.2, 0.25) is 0 Å². The van der Waals surface area contributed by atoms with Crippen LogP contribution in [0.25, 0.3) is 6.08 Å². The highest BCUT2D eigenvalue weighted by molar-refractivity contribution is 5.56. The van der Waals surface area contributed by atoms with E-state index in [1.54, 1.807) is 5.57 Å². The third kappa shape index (κ3) is 1.51. The second-order valence-corrected chi connectivity index (χ2v) is 5.17. The average molecular weight is 214 g/mol. The summed E-state index contributed by atoms with van der Waals surface area (Å²) in [5, 5.41) is 9.29. The minimum Gasteiger partial charge on any atom is -0.396 e. The van der Waals surface area contributed by atoms with Crippen molar-refractivity contribution in [1.82, 2.24) is 0 Å². The molecule has 16 heavy (non-hydrogen) atoms. The third-order valence-electron chi connectivity index (χ3n) is 4.30. The van der Waals surface area contributed by atoms with Crippen molar-refractivity contribution in [3.63, 3.8) is 0 Å². The van der Waals surface area contributed by atoms with Crippen molar-refractivity contribution in [3.05, 3.63) is 41.5 Å². The summed E-state index contributed by atoms with van der Waals surface area (Å²) < 4.78 is 0. The van der Waals surface area contributed by atoms with Crippen molar-refractivity contribution in [3.8, 4) is 0 Å². The molecule has 0 aromatic heterocycles. The minimum absolute atomic E-state index is 0.367. The number of aliphatic hydroxyl groups excluding tert-OH is 1. The van der Waals surface area contributed by atoms with E-state index < -0.39 is 0 Å². The number of benzene rings is 1. The zero-order valence-electron chi connectivity index (χ0n) is 9.52. The minimum atomic E-state index is 0.367. The molecule has 2 atom stereocenters. The second-order valence-electron chi connectivity index (χ2n) is 5.17. The van der Waals surface area contributed by atoms with Gasteiger partial charge in [-0.25, -0.2) is 0 Å². The topological polar surface area (TPSA) is 20.2 Å². The Hall–Kier alpha value is -1.08. The van der Waals surface area contributed by atoms with Crippen LogP contribution in [0, 0.1) is 11.3 Å². The predicted octanol–water partition coefficient (Wildman–Crippen LogP) is 3.25. The predicted molar refractivity (Wildman–Crippen MR) is 65.9 cm³/mol. The molecule has 2 aliphatic carbocycles. The van der Waals surface area contributed by atoms with E-state index in [0.717, 1.165) is 0 Å². The van der Waals surface area contributed by atoms with Crippen LogP contribution in [-0.4, -0.2) is 11.7 Å². The molecular formula is C15H18O. The lowest BCUT2D eigenvalue weighted by Crippen LogP contribution is -2.03. The molecule has 0 amide bonds. The van der Waals surface area contributed by atoms with Crippen LogP contribution in [0.4, 0.5) is 0 Å². The van der Waals surface area contributed by atoms with Gasteiger partial charge in [-0.2, -0.15) is 0 Å². The second kappa shape index (κ2) is 3.74. The van der Waals surface area contributed by atoms with Crippen molar-refractivity contribution in [1.29, 1.82) is 0 Å². The SMILES string of the molecule is OC[C@H]1C[C@]12CCC/C2=C\c1ccccc1. The Balaban J connectivity index is 1.88. The molecule has 1 N–H and O–H groups in total. The quantitative estimate of drug-likeness (QED) is 0.801. The first-order valence-corrected chi connectivity index (χ1v) is 6.22. The lowest BCUT2D eigenvalue weighted by Gasteiger charge is -2.11. The van der Waals surface area contributed by atoms with Gasteiger partial charge in [0, 0.05) is 6.61 Å². The summed E-state index contributed by atoms with van der Waals surface area (Å²) >= 11 is 0. The van der Waals surface area contributed by atoms with E-state index in [-0.39, 0.29) is 0 Å². The van der Waals surface area contributed by atoms with Gasteiger partial charge in [-0.05, 0) is 42.6 Å². The molecule has 2 aliphatic rings. The van der Waals surface area contributed by atoms with Crippen LogP contribution in [0.1, 0.15) is 31.2 Å². The molecule has 1 aromatic rings. The number of hydrogen-bond donors (Lipinski definition) is 1. The van der Waals surface area contributed by atoms with Crippen LogP contribution in [0.15, 0.2) is 35.9 Å². The smallest absolute Gasteiger partial charge is 0.0468 e. The van der Waals surface area contributed by atoms with E-state index in [0.29, 0.717) is 17.9 Å². The lowest BCUT2D eigenvalue weighted by molar-refractivity contribution is 0.258. The summed E-state index contributed by atoms with van der Waals surface area (Å²) in [6.07, 6.45) is 7.38. The van der Waals surface area contributed by atoms with Gasteiger partial charge < -0.3 is 5.11 Å². The molecule has 84 valence electrons. The summed E-state index contributed by atoms with van der Waals surface area (Å²) in [7, 11) is 0. The Morgan fingerprint density at radius 1 is 1.31 bits per heavy atom. The molecule has 2 fully saturated rings. The van der Waals surface area contributed by atoms with E-state index in [9.17, 15) is 5.11 Å². The van der Waals surface area contributed by atoms with Gasteiger partial charge in [0.05, 0.1) is 0 Å². The van der Waals surface area contributed by atoms with Gasteiger partial charge in [0.15, 0.2) is 0 Å². The Morgan fingerprint density at radius 3 is 2.81 bits per heavy atom. The zero-order valence-corrected chi connectivity index (χ0v) is 9.52. The Kier molecular flexibility index (Phi) is 2.36. The van der Waals surface area contributed by atoms with E-state index in [2.05, 4.69) is 36.4 Å². The molecule has 0 unspecified atom stereocenters. The zero-order chi connectivity index (χ0) is 11.0. The van der Waals surface area contributed by atoms with Crippen LogP contribution < -0.4 is 0 Å². The van der Waals surface area contributed by atoms with E-state index in [1.165, 1.54) is 31.2 Å². The molecular weight excluding hydrogens is 196 g/mol. The van der Waals surface area contributed by atoms with Crippen LogP contribution >= 0.6 is 0 Å². The molecule has 0 aliphatic heterocycles. The van der Waals surface area contributed by atoms with Gasteiger partial charge >= 0.3 is 0 Å². The first kappa shape index (κ1) is 10.1. The molecule has 0 bridgehead atoms.